The average molecular weight is 855 g/mol. The van der Waals surface area contributed by atoms with E-state index in [1.165, 1.54) is 0 Å². The Bertz CT molecular complexity index is 1290. The first kappa shape index (κ1) is 56.0. The zero-order valence-electron chi connectivity index (χ0n) is 36.7. The van der Waals surface area contributed by atoms with Gasteiger partial charge in [-0.05, 0) is 142 Å². The van der Waals surface area contributed by atoms with E-state index in [0.717, 1.165) is 0 Å². The molecular formula is C40H82N14O6. The highest BCUT2D eigenvalue weighted by Crippen LogP contribution is 2.20. The van der Waals surface area contributed by atoms with E-state index < -0.39 is 71.2 Å². The van der Waals surface area contributed by atoms with Gasteiger partial charge >= 0.3 is 0 Å². The number of aliphatic imine (C=N–C) groups is 1. The zero-order chi connectivity index (χ0) is 45.5. The molecule has 6 atom stereocenters. The van der Waals surface area contributed by atoms with Gasteiger partial charge in [0.2, 0.25) is 29.5 Å². The van der Waals surface area contributed by atoms with Crippen molar-refractivity contribution in [3.63, 3.8) is 0 Å². The van der Waals surface area contributed by atoms with Gasteiger partial charge in [0.25, 0.3) is 0 Å². The van der Waals surface area contributed by atoms with Crippen LogP contribution in [0.25, 0.3) is 0 Å². The van der Waals surface area contributed by atoms with Gasteiger partial charge in [0.05, 0.1) is 12.1 Å². The smallest absolute Gasteiger partial charge is 0.243 e. The third-order valence-electron chi connectivity index (χ3n) is 9.94. The Balaban J connectivity index is 6.39. The number of Topliss-reactive ketones (excluding diaryl/α,β-unsaturated/α-hetero) is 1. The van der Waals surface area contributed by atoms with Gasteiger partial charge in [-0.1, -0.05) is 20.8 Å². The second-order valence-electron chi connectivity index (χ2n) is 16.4. The van der Waals surface area contributed by atoms with Crippen LogP contribution in [0.5, 0.6) is 0 Å². The number of guanidine groups is 1. The molecule has 0 saturated heterocycles. The van der Waals surface area contributed by atoms with Gasteiger partial charge in [-0.25, -0.2) is 0 Å². The minimum atomic E-state index is -1.10. The maximum Gasteiger partial charge on any atom is 0.243 e. The number of nitrogens with two attached hydrogens (primary N) is 8. The van der Waals surface area contributed by atoms with Crippen LogP contribution in [0, 0.1) is 5.41 Å². The van der Waals surface area contributed by atoms with E-state index >= 15 is 0 Å². The number of hydrogen-bond donors (Lipinski definition) is 13. The molecule has 0 bridgehead atoms. The van der Waals surface area contributed by atoms with Crippen LogP contribution in [0.15, 0.2) is 4.99 Å². The number of unbranched alkanes of at least 4 members (excludes halogenated alkanes) is 5. The van der Waals surface area contributed by atoms with Gasteiger partial charge in [-0.2, -0.15) is 0 Å². The summed E-state index contributed by atoms with van der Waals surface area (Å²) in [5.41, 5.74) is 44.8. The average Bonchev–Trinajstić information content (AvgIpc) is 3.19. The lowest BCUT2D eigenvalue weighted by Gasteiger charge is -2.29. The van der Waals surface area contributed by atoms with Crippen molar-refractivity contribution in [2.75, 3.05) is 39.3 Å². The maximum absolute atomic E-state index is 14.0. The summed E-state index contributed by atoms with van der Waals surface area (Å²) >= 11 is 0. The lowest BCUT2D eigenvalue weighted by molar-refractivity contribution is -0.136. The topological polar surface area (TPSA) is 383 Å². The Labute approximate surface area is 357 Å². The van der Waals surface area contributed by atoms with Crippen molar-refractivity contribution >= 4 is 41.3 Å². The van der Waals surface area contributed by atoms with Gasteiger partial charge in [-0.3, -0.25) is 33.8 Å². The first-order valence-corrected chi connectivity index (χ1v) is 21.8. The molecule has 0 radical (unpaired) electrons. The molecule has 0 aromatic heterocycles. The largest absolute Gasteiger partial charge is 0.370 e. The Morgan fingerprint density at radius 1 is 0.433 bits per heavy atom. The van der Waals surface area contributed by atoms with Crippen molar-refractivity contribution in [3.8, 4) is 0 Å². The van der Waals surface area contributed by atoms with E-state index in [4.69, 9.17) is 45.9 Å². The van der Waals surface area contributed by atoms with E-state index in [0.29, 0.717) is 110 Å². The van der Waals surface area contributed by atoms with Crippen LogP contribution in [-0.2, 0) is 28.8 Å². The summed E-state index contributed by atoms with van der Waals surface area (Å²) in [6, 6.07) is -5.99. The first-order valence-electron chi connectivity index (χ1n) is 21.8. The molecule has 0 fully saturated rings. The SMILES string of the molecule is CC(C)(C)C(=O)[C@H](CCCCN)NC(=O)[C@H](CCCCN)NC(=O)[C@H](CCCCN)NC(=O)[C@H](CCCCN)NC(=O)[C@H](CCCCN)NC(=O)[C@@H](N)CCCN=C(N)N. The van der Waals surface area contributed by atoms with E-state index in [2.05, 4.69) is 31.6 Å². The summed E-state index contributed by atoms with van der Waals surface area (Å²) in [6.07, 6.45) is 7.57. The Hall–Kier alpha value is -3.95. The highest BCUT2D eigenvalue weighted by molar-refractivity contribution is 5.97. The third kappa shape index (κ3) is 25.0. The molecule has 0 spiro atoms. The number of ketones is 1. The molecule has 0 rings (SSSR count). The quantitative estimate of drug-likeness (QED) is 0.0187. The maximum atomic E-state index is 14.0. The molecule has 0 aliphatic rings. The van der Waals surface area contributed by atoms with Crippen LogP contribution >= 0.6 is 0 Å². The lowest BCUT2D eigenvalue weighted by Crippen LogP contribution is -2.59. The molecule has 60 heavy (non-hydrogen) atoms. The van der Waals surface area contributed by atoms with E-state index in [1.807, 2.05) is 0 Å². The van der Waals surface area contributed by atoms with Crippen molar-refractivity contribution < 1.29 is 28.8 Å². The summed E-state index contributed by atoms with van der Waals surface area (Å²) in [5.74, 6) is -3.13. The molecular weight excluding hydrogens is 773 g/mol. The number of hydrogen-bond acceptors (Lipinski definition) is 13. The number of amides is 5. The van der Waals surface area contributed by atoms with Crippen LogP contribution in [0.3, 0.4) is 0 Å². The normalized spacial score (nSPS) is 14.4. The molecule has 0 heterocycles. The monoisotopic (exact) mass is 855 g/mol. The molecule has 0 aromatic carbocycles. The molecule has 20 nitrogen and oxygen atoms in total. The van der Waals surface area contributed by atoms with Gasteiger partial charge in [0, 0.05) is 12.0 Å². The van der Waals surface area contributed by atoms with Gasteiger partial charge in [-0.15, -0.1) is 0 Å². The summed E-state index contributed by atoms with van der Waals surface area (Å²) in [5, 5.41) is 14.0. The number of carbonyl (C=O) groups is 6. The lowest BCUT2D eigenvalue weighted by atomic mass is 9.84. The minimum Gasteiger partial charge on any atom is -0.370 e. The molecule has 348 valence electrons. The van der Waals surface area contributed by atoms with Gasteiger partial charge in [0.1, 0.15) is 24.2 Å². The third-order valence-corrected chi connectivity index (χ3v) is 9.94. The fraction of sp³-hybridized carbons (Fsp3) is 0.825. The van der Waals surface area contributed by atoms with Crippen molar-refractivity contribution in [1.82, 2.24) is 26.6 Å². The fourth-order valence-corrected chi connectivity index (χ4v) is 6.35. The van der Waals surface area contributed by atoms with E-state index in [9.17, 15) is 28.8 Å². The summed E-state index contributed by atoms with van der Waals surface area (Å²) in [7, 11) is 0. The van der Waals surface area contributed by atoms with Crippen molar-refractivity contribution in [3.05, 3.63) is 0 Å². The molecule has 0 aliphatic heterocycles. The molecule has 0 aliphatic carbocycles. The van der Waals surface area contributed by atoms with Crippen LogP contribution in [0.1, 0.15) is 130 Å². The highest BCUT2D eigenvalue weighted by Gasteiger charge is 2.34. The van der Waals surface area contributed by atoms with E-state index in [-0.39, 0.29) is 50.4 Å². The summed E-state index contributed by atoms with van der Waals surface area (Å²) in [4.78, 5) is 86.1. The second kappa shape index (κ2) is 32.8. The van der Waals surface area contributed by atoms with Gasteiger partial charge in [0.15, 0.2) is 11.7 Å². The van der Waals surface area contributed by atoms with Crippen LogP contribution < -0.4 is 72.5 Å². The number of carbonyl (C=O) groups excluding carboxylic acids is 6. The number of nitrogens with zero attached hydrogens (tertiary/aromatic N) is 1. The molecule has 0 saturated carbocycles. The Kier molecular flexibility index (Phi) is 30.6. The fourth-order valence-electron chi connectivity index (χ4n) is 6.35. The molecule has 20 heteroatoms. The standard InChI is InChI=1S/C40H82N14O6/c1-40(2,3)33(55)28(16-4-9-21-41)50-35(57)30(18-6-11-23-43)52-37(59)32(20-8-13-25-45)54-38(60)31(19-7-12-24-44)53-36(58)29(17-5-10-22-42)51-34(56)27(46)15-14-26-49-39(47)48/h27-32H,4-26,41-46H2,1-3H3,(H,50,57)(H,51,56)(H,52,59)(H,53,58)(H,54,60)(H4,47,48,49)/t27-,28-,29-,30-,31-,32-/m0/s1. The second-order valence-corrected chi connectivity index (χ2v) is 16.4. The van der Waals surface area contributed by atoms with Crippen molar-refractivity contribution in [1.29, 1.82) is 0 Å². The molecule has 5 amide bonds. The molecule has 21 N–H and O–H groups in total. The van der Waals surface area contributed by atoms with Crippen LogP contribution in [0.4, 0.5) is 0 Å². The Morgan fingerprint density at radius 2 is 0.717 bits per heavy atom. The predicted octanol–water partition coefficient (Wildman–Crippen LogP) is -1.95. The first-order chi connectivity index (χ1) is 28.5. The highest BCUT2D eigenvalue weighted by atomic mass is 16.2. The number of rotatable bonds is 35. The summed E-state index contributed by atoms with van der Waals surface area (Å²) in [6.45, 7) is 7.55. The van der Waals surface area contributed by atoms with Crippen molar-refractivity contribution in [2.24, 2.45) is 56.3 Å². The molecule has 0 unspecified atom stereocenters. The minimum absolute atomic E-state index is 0.0732. The van der Waals surface area contributed by atoms with Crippen LogP contribution in [-0.4, -0.2) is 117 Å². The summed E-state index contributed by atoms with van der Waals surface area (Å²) < 4.78 is 0. The van der Waals surface area contributed by atoms with Crippen LogP contribution in [0.2, 0.25) is 0 Å². The molecule has 0 aromatic rings. The van der Waals surface area contributed by atoms with E-state index in [1.54, 1.807) is 20.8 Å². The zero-order valence-corrected chi connectivity index (χ0v) is 36.7. The predicted molar refractivity (Wildman–Crippen MR) is 237 cm³/mol. The Morgan fingerprint density at radius 3 is 1.00 bits per heavy atom. The van der Waals surface area contributed by atoms with Gasteiger partial charge < -0.3 is 72.5 Å². The number of nitrogens with one attached hydrogen (secondary N) is 5. The van der Waals surface area contributed by atoms with Crippen molar-refractivity contribution in [2.45, 2.75) is 166 Å².